The molecule has 7 nitrogen and oxygen atoms in total. The molecule has 0 bridgehead atoms. The van der Waals surface area contributed by atoms with Gasteiger partial charge in [0.25, 0.3) is 0 Å². The first-order valence-electron chi connectivity index (χ1n) is 8.17. The normalized spacial score (nSPS) is 11.0. The predicted molar refractivity (Wildman–Crippen MR) is 104 cm³/mol. The molecule has 4 N–H and O–H groups in total. The number of nitrogens with one attached hydrogen (secondary N) is 2. The molecule has 0 radical (unpaired) electrons. The second kappa shape index (κ2) is 9.31. The van der Waals surface area contributed by atoms with Crippen molar-refractivity contribution >= 4 is 23.2 Å². The average Bonchev–Trinajstić information content (AvgIpc) is 2.62. The molecule has 0 aromatic heterocycles. The number of carbonyl (C=O) groups is 1. The highest BCUT2D eigenvalue weighted by atomic mass is 16.5. The first kappa shape index (κ1) is 19.1. The molecule has 0 aliphatic rings. The van der Waals surface area contributed by atoms with E-state index in [4.69, 9.17) is 15.2 Å². The van der Waals surface area contributed by atoms with Gasteiger partial charge in [-0.15, -0.1) is 0 Å². The lowest BCUT2D eigenvalue weighted by molar-refractivity contribution is -0.114. The van der Waals surface area contributed by atoms with Gasteiger partial charge in [-0.05, 0) is 36.2 Å². The highest BCUT2D eigenvalue weighted by Crippen LogP contribution is 2.28. The Labute approximate surface area is 153 Å². The molecule has 0 fully saturated rings. The van der Waals surface area contributed by atoms with Crippen LogP contribution in [0.15, 0.2) is 47.5 Å². The van der Waals surface area contributed by atoms with E-state index in [1.165, 1.54) is 6.92 Å². The third-order valence-electron chi connectivity index (χ3n) is 3.63. The molecule has 2 rings (SSSR count). The van der Waals surface area contributed by atoms with Gasteiger partial charge < -0.3 is 25.8 Å². The van der Waals surface area contributed by atoms with Crippen LogP contribution in [-0.4, -0.2) is 32.6 Å². The van der Waals surface area contributed by atoms with E-state index < -0.39 is 0 Å². The Morgan fingerprint density at radius 3 is 2.42 bits per heavy atom. The van der Waals surface area contributed by atoms with Gasteiger partial charge in [0.05, 0.1) is 19.9 Å². The molecule has 1 amide bonds. The second-order valence-corrected chi connectivity index (χ2v) is 5.59. The van der Waals surface area contributed by atoms with Gasteiger partial charge >= 0.3 is 0 Å². The van der Waals surface area contributed by atoms with Crippen molar-refractivity contribution in [1.29, 1.82) is 0 Å². The lowest BCUT2D eigenvalue weighted by Crippen LogP contribution is -2.23. The summed E-state index contributed by atoms with van der Waals surface area (Å²) in [6, 6.07) is 13.0. The van der Waals surface area contributed by atoms with Gasteiger partial charge in [0.1, 0.15) is 11.5 Å². The van der Waals surface area contributed by atoms with Crippen LogP contribution in [0.25, 0.3) is 0 Å². The van der Waals surface area contributed by atoms with Crippen molar-refractivity contribution in [2.24, 2.45) is 10.7 Å². The minimum Gasteiger partial charge on any atom is -0.497 e. The molecule has 0 aliphatic carbocycles. The first-order chi connectivity index (χ1) is 12.5. The van der Waals surface area contributed by atoms with Gasteiger partial charge in [-0.1, -0.05) is 12.1 Å². The lowest BCUT2D eigenvalue weighted by Gasteiger charge is -2.12. The summed E-state index contributed by atoms with van der Waals surface area (Å²) < 4.78 is 10.5. The number of hydrogen-bond donors (Lipinski definition) is 3. The SMILES string of the molecule is COc1ccc(OC)c(NC(N)=NCCc2ccc(NC(C)=O)cc2)c1. The number of carbonyl (C=O) groups excluding carboxylic acids is 1. The van der Waals surface area contributed by atoms with Crippen LogP contribution in [0.3, 0.4) is 0 Å². The Balaban J connectivity index is 1.93. The van der Waals surface area contributed by atoms with Crippen molar-refractivity contribution in [1.82, 2.24) is 0 Å². The molecule has 0 heterocycles. The minimum atomic E-state index is -0.0887. The largest absolute Gasteiger partial charge is 0.497 e. The van der Waals surface area contributed by atoms with Crippen molar-refractivity contribution in [2.75, 3.05) is 31.4 Å². The maximum Gasteiger partial charge on any atom is 0.221 e. The average molecular weight is 356 g/mol. The summed E-state index contributed by atoms with van der Waals surface area (Å²) in [6.45, 7) is 2.01. The molecule has 0 saturated carbocycles. The summed E-state index contributed by atoms with van der Waals surface area (Å²) in [5.74, 6) is 1.55. The number of guanidine groups is 1. The molecule has 138 valence electrons. The van der Waals surface area contributed by atoms with Crippen molar-refractivity contribution < 1.29 is 14.3 Å². The number of hydrogen-bond acceptors (Lipinski definition) is 4. The van der Waals surface area contributed by atoms with E-state index in [2.05, 4.69) is 15.6 Å². The number of methoxy groups -OCH3 is 2. The Morgan fingerprint density at radius 2 is 1.81 bits per heavy atom. The van der Waals surface area contributed by atoms with E-state index in [1.54, 1.807) is 26.4 Å². The Morgan fingerprint density at radius 1 is 1.08 bits per heavy atom. The Kier molecular flexibility index (Phi) is 6.84. The van der Waals surface area contributed by atoms with E-state index in [0.717, 1.165) is 17.7 Å². The molecule has 7 heteroatoms. The van der Waals surface area contributed by atoms with Crippen LogP contribution in [0.1, 0.15) is 12.5 Å². The zero-order chi connectivity index (χ0) is 18.9. The number of benzene rings is 2. The number of aliphatic imine (C=N–C) groups is 1. The molecular formula is C19H24N4O3. The zero-order valence-electron chi connectivity index (χ0n) is 15.2. The summed E-state index contributed by atoms with van der Waals surface area (Å²) in [6.07, 6.45) is 0.734. The molecule has 2 aromatic rings. The van der Waals surface area contributed by atoms with Crippen LogP contribution in [0.2, 0.25) is 0 Å². The van der Waals surface area contributed by atoms with Crippen molar-refractivity contribution in [3.63, 3.8) is 0 Å². The van der Waals surface area contributed by atoms with E-state index in [1.807, 2.05) is 30.3 Å². The predicted octanol–water partition coefficient (Wildman–Crippen LogP) is 2.63. The van der Waals surface area contributed by atoms with Crippen LogP contribution in [-0.2, 0) is 11.2 Å². The topological polar surface area (TPSA) is 98.0 Å². The van der Waals surface area contributed by atoms with Crippen LogP contribution in [0, 0.1) is 0 Å². The Bertz CT molecular complexity index is 773. The molecule has 0 unspecified atom stereocenters. The molecular weight excluding hydrogens is 332 g/mol. The van der Waals surface area contributed by atoms with Crippen molar-refractivity contribution in [2.45, 2.75) is 13.3 Å². The molecule has 2 aromatic carbocycles. The van der Waals surface area contributed by atoms with Gasteiger partial charge in [-0.25, -0.2) is 0 Å². The Hall–Kier alpha value is -3.22. The van der Waals surface area contributed by atoms with E-state index >= 15 is 0 Å². The highest BCUT2D eigenvalue weighted by Gasteiger charge is 2.06. The molecule has 26 heavy (non-hydrogen) atoms. The van der Waals surface area contributed by atoms with E-state index in [-0.39, 0.29) is 5.91 Å². The van der Waals surface area contributed by atoms with Crippen molar-refractivity contribution in [3.05, 3.63) is 48.0 Å². The fraction of sp³-hybridized carbons (Fsp3) is 0.263. The highest BCUT2D eigenvalue weighted by molar-refractivity contribution is 5.94. The standard InChI is InChI=1S/C19H24N4O3/c1-13(24)22-15-6-4-14(5-7-15)10-11-21-19(20)23-17-12-16(25-2)8-9-18(17)26-3/h4-9,12H,10-11H2,1-3H3,(H,22,24)(H3,20,21,23). The fourth-order valence-corrected chi connectivity index (χ4v) is 2.35. The summed E-state index contributed by atoms with van der Waals surface area (Å²) in [4.78, 5) is 15.3. The van der Waals surface area contributed by atoms with E-state index in [9.17, 15) is 4.79 Å². The van der Waals surface area contributed by atoms with Gasteiger partial charge in [0.2, 0.25) is 5.91 Å². The minimum absolute atomic E-state index is 0.0887. The maximum atomic E-state index is 11.0. The van der Waals surface area contributed by atoms with E-state index in [0.29, 0.717) is 29.7 Å². The fourth-order valence-electron chi connectivity index (χ4n) is 2.35. The summed E-state index contributed by atoms with van der Waals surface area (Å²) in [7, 11) is 3.19. The smallest absolute Gasteiger partial charge is 0.221 e. The van der Waals surface area contributed by atoms with Gasteiger partial charge in [0, 0.05) is 25.2 Å². The van der Waals surface area contributed by atoms with Crippen LogP contribution in [0.4, 0.5) is 11.4 Å². The molecule has 0 aliphatic heterocycles. The number of rotatable bonds is 7. The number of amides is 1. The molecule has 0 atom stereocenters. The molecule has 0 saturated heterocycles. The van der Waals surface area contributed by atoms with Crippen LogP contribution < -0.4 is 25.8 Å². The quantitative estimate of drug-likeness (QED) is 0.523. The second-order valence-electron chi connectivity index (χ2n) is 5.59. The van der Waals surface area contributed by atoms with Crippen LogP contribution in [0.5, 0.6) is 11.5 Å². The number of nitrogens with zero attached hydrogens (tertiary/aromatic N) is 1. The summed E-state index contributed by atoms with van der Waals surface area (Å²) in [5, 5.41) is 5.76. The zero-order valence-corrected chi connectivity index (χ0v) is 15.2. The molecule has 0 spiro atoms. The van der Waals surface area contributed by atoms with Gasteiger partial charge in [-0.3, -0.25) is 9.79 Å². The third kappa shape index (κ3) is 5.70. The number of nitrogens with two attached hydrogens (primary N) is 1. The van der Waals surface area contributed by atoms with Crippen molar-refractivity contribution in [3.8, 4) is 11.5 Å². The lowest BCUT2D eigenvalue weighted by atomic mass is 10.1. The number of anilines is 2. The maximum absolute atomic E-state index is 11.0. The summed E-state index contributed by atoms with van der Waals surface area (Å²) >= 11 is 0. The number of ether oxygens (including phenoxy) is 2. The first-order valence-corrected chi connectivity index (χ1v) is 8.17. The monoisotopic (exact) mass is 356 g/mol. The van der Waals surface area contributed by atoms with Gasteiger partial charge in [-0.2, -0.15) is 0 Å². The van der Waals surface area contributed by atoms with Crippen LogP contribution >= 0.6 is 0 Å². The summed E-state index contributed by atoms with van der Waals surface area (Å²) in [5.41, 5.74) is 8.53. The van der Waals surface area contributed by atoms with Gasteiger partial charge in [0.15, 0.2) is 5.96 Å². The third-order valence-corrected chi connectivity index (χ3v) is 3.63.